The van der Waals surface area contributed by atoms with Crippen molar-refractivity contribution in [3.63, 3.8) is 0 Å². The van der Waals surface area contributed by atoms with Crippen LogP contribution < -0.4 is 0 Å². The van der Waals surface area contributed by atoms with Crippen molar-refractivity contribution in [2.45, 2.75) is 13.0 Å². The highest BCUT2D eigenvalue weighted by Crippen LogP contribution is 2.27. The lowest BCUT2D eigenvalue weighted by Crippen LogP contribution is -2.34. The first kappa shape index (κ1) is 13.8. The van der Waals surface area contributed by atoms with E-state index in [0.717, 1.165) is 24.0 Å². The number of aromatic amines is 1. The topological polar surface area (TPSA) is 36.1 Å². The van der Waals surface area contributed by atoms with Gasteiger partial charge in [-0.1, -0.05) is 48.5 Å². The minimum Gasteiger partial charge on any atom is -0.358 e. The Hall–Kier alpha value is -2.81. The van der Waals surface area contributed by atoms with E-state index in [9.17, 15) is 4.79 Å². The van der Waals surface area contributed by atoms with Gasteiger partial charge >= 0.3 is 0 Å². The predicted molar refractivity (Wildman–Crippen MR) is 92.9 cm³/mol. The van der Waals surface area contributed by atoms with Crippen molar-refractivity contribution in [1.82, 2.24) is 9.88 Å². The van der Waals surface area contributed by atoms with Crippen LogP contribution in [0, 0.1) is 0 Å². The first-order valence-electron chi connectivity index (χ1n) is 7.92. The molecule has 114 valence electrons. The number of aromatic nitrogens is 1. The Balaban J connectivity index is 1.55. The number of carbonyl (C=O) groups is 1. The molecule has 3 nitrogen and oxygen atoms in total. The molecule has 0 bridgehead atoms. The lowest BCUT2D eigenvalue weighted by atomic mass is 10.0. The van der Waals surface area contributed by atoms with Crippen LogP contribution in [-0.2, 0) is 17.8 Å². The molecule has 0 aliphatic carbocycles. The molecule has 1 N–H and O–H groups in total. The SMILES string of the molecule is O=C(/C=C/c1ccccc1)N1CCc2[nH]c3ccccc3c2C1. The molecule has 0 unspecified atom stereocenters. The molecule has 1 aromatic heterocycles. The number of rotatable bonds is 2. The number of H-pyrrole nitrogens is 1. The fraction of sp³-hybridized carbons (Fsp3) is 0.150. The third-order valence-electron chi connectivity index (χ3n) is 4.41. The van der Waals surface area contributed by atoms with Gasteiger partial charge in [-0.3, -0.25) is 4.79 Å². The standard InChI is InChI=1S/C20H18N2O/c23-20(11-10-15-6-2-1-3-7-15)22-13-12-19-17(14-22)16-8-4-5-9-18(16)21-19/h1-11,21H,12-14H2/b11-10+. The minimum atomic E-state index is 0.0739. The number of benzene rings is 2. The zero-order valence-electron chi connectivity index (χ0n) is 12.8. The smallest absolute Gasteiger partial charge is 0.246 e. The molecule has 0 fully saturated rings. The van der Waals surface area contributed by atoms with Gasteiger partial charge in [0.1, 0.15) is 0 Å². The van der Waals surface area contributed by atoms with Gasteiger partial charge in [-0.25, -0.2) is 0 Å². The second kappa shape index (κ2) is 5.76. The van der Waals surface area contributed by atoms with Crippen LogP contribution in [0.4, 0.5) is 0 Å². The molecule has 2 aromatic carbocycles. The third kappa shape index (κ3) is 2.66. The average Bonchev–Trinajstić information content (AvgIpc) is 2.98. The Labute approximate surface area is 135 Å². The van der Waals surface area contributed by atoms with Gasteiger partial charge in [0.2, 0.25) is 5.91 Å². The van der Waals surface area contributed by atoms with E-state index < -0.39 is 0 Å². The van der Waals surface area contributed by atoms with Crippen LogP contribution in [0.5, 0.6) is 0 Å². The quantitative estimate of drug-likeness (QED) is 0.719. The number of hydrogen-bond acceptors (Lipinski definition) is 1. The molecule has 0 atom stereocenters. The molecular weight excluding hydrogens is 284 g/mol. The van der Waals surface area contributed by atoms with Crippen molar-refractivity contribution in [2.24, 2.45) is 0 Å². The first-order chi connectivity index (χ1) is 11.3. The van der Waals surface area contributed by atoms with E-state index in [0.29, 0.717) is 6.54 Å². The lowest BCUT2D eigenvalue weighted by molar-refractivity contribution is -0.126. The molecule has 3 aromatic rings. The molecule has 0 radical (unpaired) electrons. The summed E-state index contributed by atoms with van der Waals surface area (Å²) in [6.45, 7) is 1.44. The van der Waals surface area contributed by atoms with Crippen molar-refractivity contribution in [3.05, 3.63) is 77.5 Å². The summed E-state index contributed by atoms with van der Waals surface area (Å²) >= 11 is 0. The fourth-order valence-corrected chi connectivity index (χ4v) is 3.19. The summed E-state index contributed by atoms with van der Waals surface area (Å²) in [7, 11) is 0. The van der Waals surface area contributed by atoms with Gasteiger partial charge in [-0.2, -0.15) is 0 Å². The van der Waals surface area contributed by atoms with Crippen LogP contribution in [-0.4, -0.2) is 22.3 Å². The summed E-state index contributed by atoms with van der Waals surface area (Å²) in [5.74, 6) is 0.0739. The molecule has 2 heterocycles. The molecule has 1 aliphatic rings. The number of nitrogens with zero attached hydrogens (tertiary/aromatic N) is 1. The van der Waals surface area contributed by atoms with Gasteiger partial charge in [0, 0.05) is 47.7 Å². The highest BCUT2D eigenvalue weighted by molar-refractivity contribution is 5.93. The van der Waals surface area contributed by atoms with E-state index in [1.54, 1.807) is 6.08 Å². The highest BCUT2D eigenvalue weighted by Gasteiger charge is 2.22. The Bertz CT molecular complexity index is 877. The number of para-hydroxylation sites is 1. The number of amides is 1. The maximum atomic E-state index is 12.5. The number of hydrogen-bond donors (Lipinski definition) is 1. The monoisotopic (exact) mass is 302 g/mol. The number of nitrogens with one attached hydrogen (secondary N) is 1. The Kier molecular flexibility index (Phi) is 3.46. The first-order valence-corrected chi connectivity index (χ1v) is 7.92. The van der Waals surface area contributed by atoms with Crippen molar-refractivity contribution in [1.29, 1.82) is 0 Å². The van der Waals surface area contributed by atoms with Crippen LogP contribution in [0.1, 0.15) is 16.8 Å². The lowest BCUT2D eigenvalue weighted by Gasteiger charge is -2.26. The van der Waals surface area contributed by atoms with Crippen molar-refractivity contribution in [2.75, 3.05) is 6.54 Å². The maximum Gasteiger partial charge on any atom is 0.246 e. The second-order valence-corrected chi connectivity index (χ2v) is 5.88. The summed E-state index contributed by atoms with van der Waals surface area (Å²) in [6, 6.07) is 18.2. The maximum absolute atomic E-state index is 12.5. The summed E-state index contributed by atoms with van der Waals surface area (Å²) in [5, 5.41) is 1.23. The van der Waals surface area contributed by atoms with E-state index in [1.165, 1.54) is 16.6 Å². The van der Waals surface area contributed by atoms with Crippen LogP contribution in [0.25, 0.3) is 17.0 Å². The van der Waals surface area contributed by atoms with E-state index >= 15 is 0 Å². The van der Waals surface area contributed by atoms with Gasteiger partial charge in [0.25, 0.3) is 0 Å². The summed E-state index contributed by atoms with van der Waals surface area (Å²) in [4.78, 5) is 17.9. The molecule has 3 heteroatoms. The Morgan fingerprint density at radius 2 is 1.83 bits per heavy atom. The van der Waals surface area contributed by atoms with Crippen molar-refractivity contribution in [3.8, 4) is 0 Å². The molecule has 0 saturated heterocycles. The van der Waals surface area contributed by atoms with Crippen LogP contribution in [0.3, 0.4) is 0 Å². The zero-order valence-corrected chi connectivity index (χ0v) is 12.8. The van der Waals surface area contributed by atoms with Crippen LogP contribution in [0.15, 0.2) is 60.7 Å². The van der Waals surface area contributed by atoms with E-state index in [4.69, 9.17) is 0 Å². The molecule has 0 spiro atoms. The van der Waals surface area contributed by atoms with Gasteiger partial charge in [0.05, 0.1) is 0 Å². The molecular formula is C20H18N2O. The average molecular weight is 302 g/mol. The molecule has 4 rings (SSSR count). The summed E-state index contributed by atoms with van der Waals surface area (Å²) in [5.41, 5.74) is 4.73. The Morgan fingerprint density at radius 1 is 1.04 bits per heavy atom. The summed E-state index contributed by atoms with van der Waals surface area (Å²) in [6.07, 6.45) is 4.44. The normalized spacial score (nSPS) is 14.3. The zero-order chi connectivity index (χ0) is 15.6. The van der Waals surface area contributed by atoms with Crippen molar-refractivity contribution >= 4 is 22.9 Å². The molecule has 0 saturated carbocycles. The largest absolute Gasteiger partial charge is 0.358 e. The predicted octanol–water partition coefficient (Wildman–Crippen LogP) is 3.77. The Morgan fingerprint density at radius 3 is 2.70 bits per heavy atom. The molecule has 23 heavy (non-hydrogen) atoms. The third-order valence-corrected chi connectivity index (χ3v) is 4.41. The summed E-state index contributed by atoms with van der Waals surface area (Å²) < 4.78 is 0. The number of carbonyl (C=O) groups excluding carboxylic acids is 1. The minimum absolute atomic E-state index is 0.0739. The van der Waals surface area contributed by atoms with Crippen LogP contribution in [0.2, 0.25) is 0 Å². The molecule has 1 aliphatic heterocycles. The van der Waals surface area contributed by atoms with Crippen LogP contribution >= 0.6 is 0 Å². The van der Waals surface area contributed by atoms with Gasteiger partial charge < -0.3 is 9.88 Å². The van der Waals surface area contributed by atoms with Crippen molar-refractivity contribution < 1.29 is 4.79 Å². The van der Waals surface area contributed by atoms with E-state index in [-0.39, 0.29) is 5.91 Å². The molecule has 1 amide bonds. The van der Waals surface area contributed by atoms with E-state index in [2.05, 4.69) is 17.1 Å². The van der Waals surface area contributed by atoms with Gasteiger partial charge in [0.15, 0.2) is 0 Å². The second-order valence-electron chi connectivity index (χ2n) is 5.88. The van der Waals surface area contributed by atoms with Gasteiger partial charge in [-0.15, -0.1) is 0 Å². The van der Waals surface area contributed by atoms with Gasteiger partial charge in [-0.05, 0) is 17.7 Å². The number of fused-ring (bicyclic) bond motifs is 3. The van der Waals surface area contributed by atoms with E-state index in [1.807, 2.05) is 53.4 Å². The highest BCUT2D eigenvalue weighted by atomic mass is 16.2. The fourth-order valence-electron chi connectivity index (χ4n) is 3.19.